The first kappa shape index (κ1) is 14.5. The second-order valence-electron chi connectivity index (χ2n) is 4.52. The zero-order valence-corrected chi connectivity index (χ0v) is 11.5. The number of nitrogens with one attached hydrogen (secondary N) is 1. The molecule has 0 aliphatic heterocycles. The molecule has 0 saturated heterocycles. The molecule has 3 heteroatoms. The molecule has 1 aromatic rings. The summed E-state index contributed by atoms with van der Waals surface area (Å²) in [4.78, 5) is 0. The molecule has 0 aliphatic rings. The van der Waals surface area contributed by atoms with Crippen molar-refractivity contribution in [3.63, 3.8) is 0 Å². The third-order valence-electron chi connectivity index (χ3n) is 3.20. The van der Waals surface area contributed by atoms with Gasteiger partial charge in [0.2, 0.25) is 0 Å². The summed E-state index contributed by atoms with van der Waals surface area (Å²) in [7, 11) is 1.86. The molecule has 0 radical (unpaired) electrons. The summed E-state index contributed by atoms with van der Waals surface area (Å²) in [5, 5.41) is 3.69. The van der Waals surface area contributed by atoms with Crippen molar-refractivity contribution in [1.82, 2.24) is 5.32 Å². The molecule has 2 unspecified atom stereocenters. The summed E-state index contributed by atoms with van der Waals surface area (Å²) >= 11 is 6.10. The van der Waals surface area contributed by atoms with Crippen LogP contribution in [0.2, 0.25) is 5.02 Å². The van der Waals surface area contributed by atoms with E-state index in [0.717, 1.165) is 19.3 Å². The van der Waals surface area contributed by atoms with E-state index in [4.69, 9.17) is 11.6 Å². The predicted molar refractivity (Wildman–Crippen MR) is 71.9 cm³/mol. The topological polar surface area (TPSA) is 12.0 Å². The molecule has 2 atom stereocenters. The molecule has 0 amide bonds. The molecule has 17 heavy (non-hydrogen) atoms. The molecule has 0 heterocycles. The van der Waals surface area contributed by atoms with Crippen molar-refractivity contribution >= 4 is 11.6 Å². The Kier molecular flexibility index (Phi) is 5.93. The van der Waals surface area contributed by atoms with E-state index in [2.05, 4.69) is 19.2 Å². The van der Waals surface area contributed by atoms with Crippen LogP contribution in [0.1, 0.15) is 44.7 Å². The van der Waals surface area contributed by atoms with Gasteiger partial charge in [0.05, 0.1) is 0 Å². The summed E-state index contributed by atoms with van der Waals surface area (Å²) < 4.78 is 13.8. The highest BCUT2D eigenvalue weighted by Crippen LogP contribution is 2.32. The highest BCUT2D eigenvalue weighted by molar-refractivity contribution is 6.31. The van der Waals surface area contributed by atoms with Gasteiger partial charge in [-0.2, -0.15) is 0 Å². The van der Waals surface area contributed by atoms with Gasteiger partial charge in [0, 0.05) is 16.6 Å². The summed E-state index contributed by atoms with van der Waals surface area (Å²) in [6.45, 7) is 4.30. The van der Waals surface area contributed by atoms with Gasteiger partial charge in [0.15, 0.2) is 0 Å². The van der Waals surface area contributed by atoms with Crippen LogP contribution in [0.25, 0.3) is 0 Å². The standard InChI is InChI=1S/C14H21ClFN/c1-4-5-7-10(2)14(17-3)13-11(15)8-6-9-12(13)16/h6,8-10,14,17H,4-5,7H2,1-3H3. The number of benzene rings is 1. The maximum absolute atomic E-state index is 13.8. The Balaban J connectivity index is 2.93. The summed E-state index contributed by atoms with van der Waals surface area (Å²) in [6, 6.07) is 4.84. The molecule has 0 aromatic heterocycles. The average molecular weight is 258 g/mol. The summed E-state index contributed by atoms with van der Waals surface area (Å²) in [6.07, 6.45) is 3.39. The maximum atomic E-state index is 13.8. The van der Waals surface area contributed by atoms with Crippen molar-refractivity contribution in [2.45, 2.75) is 39.2 Å². The lowest BCUT2D eigenvalue weighted by Gasteiger charge is -2.25. The van der Waals surface area contributed by atoms with Crippen LogP contribution in [0.5, 0.6) is 0 Å². The van der Waals surface area contributed by atoms with Gasteiger partial charge in [-0.15, -0.1) is 0 Å². The molecule has 0 fully saturated rings. The van der Waals surface area contributed by atoms with E-state index in [0.29, 0.717) is 16.5 Å². The Morgan fingerprint density at radius 1 is 1.41 bits per heavy atom. The summed E-state index contributed by atoms with van der Waals surface area (Å²) in [5.41, 5.74) is 0.597. The Morgan fingerprint density at radius 2 is 2.12 bits per heavy atom. The molecule has 0 saturated carbocycles. The Morgan fingerprint density at radius 3 is 2.65 bits per heavy atom. The van der Waals surface area contributed by atoms with Crippen molar-refractivity contribution in [3.8, 4) is 0 Å². The Labute approximate surface area is 108 Å². The first-order chi connectivity index (χ1) is 8.11. The van der Waals surface area contributed by atoms with E-state index in [-0.39, 0.29) is 11.9 Å². The molecule has 1 nitrogen and oxygen atoms in total. The fourth-order valence-electron chi connectivity index (χ4n) is 2.21. The van der Waals surface area contributed by atoms with Gasteiger partial charge in [-0.25, -0.2) is 4.39 Å². The minimum absolute atomic E-state index is 0.0183. The van der Waals surface area contributed by atoms with Crippen LogP contribution < -0.4 is 5.32 Å². The molecule has 96 valence electrons. The first-order valence-corrected chi connectivity index (χ1v) is 6.60. The van der Waals surface area contributed by atoms with Gasteiger partial charge in [-0.05, 0) is 31.5 Å². The Bertz CT molecular complexity index is 334. The third-order valence-corrected chi connectivity index (χ3v) is 3.53. The third kappa shape index (κ3) is 3.68. The van der Waals surface area contributed by atoms with Crippen LogP contribution >= 0.6 is 11.6 Å². The Hall–Kier alpha value is -0.600. The smallest absolute Gasteiger partial charge is 0.129 e. The van der Waals surface area contributed by atoms with Crippen LogP contribution in [0, 0.1) is 11.7 Å². The van der Waals surface area contributed by atoms with Crippen LogP contribution in [0.4, 0.5) is 4.39 Å². The highest BCUT2D eigenvalue weighted by atomic mass is 35.5. The molecule has 0 spiro atoms. The van der Waals surface area contributed by atoms with Gasteiger partial charge in [-0.3, -0.25) is 0 Å². The van der Waals surface area contributed by atoms with Gasteiger partial charge in [0.1, 0.15) is 5.82 Å². The van der Waals surface area contributed by atoms with Crippen LogP contribution in [-0.2, 0) is 0 Å². The zero-order chi connectivity index (χ0) is 12.8. The van der Waals surface area contributed by atoms with E-state index < -0.39 is 0 Å². The zero-order valence-electron chi connectivity index (χ0n) is 10.8. The normalized spacial score (nSPS) is 14.6. The lowest BCUT2D eigenvalue weighted by atomic mass is 9.90. The van der Waals surface area contributed by atoms with E-state index >= 15 is 0 Å². The van der Waals surface area contributed by atoms with Gasteiger partial charge in [0.25, 0.3) is 0 Å². The fraction of sp³-hybridized carbons (Fsp3) is 0.571. The van der Waals surface area contributed by atoms with Crippen molar-refractivity contribution in [3.05, 3.63) is 34.6 Å². The van der Waals surface area contributed by atoms with Crippen LogP contribution in [-0.4, -0.2) is 7.05 Å². The lowest BCUT2D eigenvalue weighted by molar-refractivity contribution is 0.366. The van der Waals surface area contributed by atoms with Gasteiger partial charge < -0.3 is 5.32 Å². The van der Waals surface area contributed by atoms with Crippen molar-refractivity contribution in [2.24, 2.45) is 5.92 Å². The van der Waals surface area contributed by atoms with Crippen molar-refractivity contribution < 1.29 is 4.39 Å². The molecule has 1 N–H and O–H groups in total. The number of hydrogen-bond acceptors (Lipinski definition) is 1. The second-order valence-corrected chi connectivity index (χ2v) is 4.93. The summed E-state index contributed by atoms with van der Waals surface area (Å²) in [5.74, 6) is 0.148. The first-order valence-electron chi connectivity index (χ1n) is 6.23. The largest absolute Gasteiger partial charge is 0.313 e. The number of hydrogen-bond donors (Lipinski definition) is 1. The van der Waals surface area contributed by atoms with Crippen LogP contribution in [0.3, 0.4) is 0 Å². The molecule has 0 aliphatic carbocycles. The van der Waals surface area contributed by atoms with Crippen molar-refractivity contribution in [2.75, 3.05) is 7.05 Å². The monoisotopic (exact) mass is 257 g/mol. The number of rotatable bonds is 6. The van der Waals surface area contributed by atoms with E-state index in [1.807, 2.05) is 7.05 Å². The predicted octanol–water partition coefficient (Wildman–Crippen LogP) is 4.57. The van der Waals surface area contributed by atoms with Gasteiger partial charge >= 0.3 is 0 Å². The van der Waals surface area contributed by atoms with Crippen LogP contribution in [0.15, 0.2) is 18.2 Å². The minimum atomic E-state index is -0.222. The van der Waals surface area contributed by atoms with Gasteiger partial charge in [-0.1, -0.05) is 44.4 Å². The molecular formula is C14H21ClFN. The number of halogens is 2. The molecule has 1 aromatic carbocycles. The average Bonchev–Trinajstić information content (AvgIpc) is 2.31. The van der Waals surface area contributed by atoms with Crippen molar-refractivity contribution in [1.29, 1.82) is 0 Å². The molecule has 1 rings (SSSR count). The quantitative estimate of drug-likeness (QED) is 0.787. The number of unbranched alkanes of at least 4 members (excludes halogenated alkanes) is 1. The molecule has 0 bridgehead atoms. The van der Waals surface area contributed by atoms with E-state index in [1.165, 1.54) is 6.07 Å². The van der Waals surface area contributed by atoms with E-state index in [1.54, 1.807) is 12.1 Å². The highest BCUT2D eigenvalue weighted by Gasteiger charge is 2.22. The lowest BCUT2D eigenvalue weighted by Crippen LogP contribution is -2.25. The fourth-order valence-corrected chi connectivity index (χ4v) is 2.49. The molecular weight excluding hydrogens is 237 g/mol. The second kappa shape index (κ2) is 6.97. The minimum Gasteiger partial charge on any atom is -0.313 e. The maximum Gasteiger partial charge on any atom is 0.129 e. The SMILES string of the molecule is CCCCC(C)C(NC)c1c(F)cccc1Cl. The van der Waals surface area contributed by atoms with E-state index in [9.17, 15) is 4.39 Å².